The number of carbonyl (C=O) groups is 3. The molecule has 0 radical (unpaired) electrons. The summed E-state index contributed by atoms with van der Waals surface area (Å²) in [6.07, 6.45) is 1.78. The largest absolute Gasteiger partial charge is 0.368 e. The van der Waals surface area contributed by atoms with E-state index < -0.39 is 12.1 Å². The third-order valence-corrected chi connectivity index (χ3v) is 6.34. The van der Waals surface area contributed by atoms with Crippen LogP contribution in [0.15, 0.2) is 30.3 Å². The number of likely N-dealkylation sites (tertiary alicyclic amines) is 1. The van der Waals surface area contributed by atoms with Crippen LogP contribution in [0.2, 0.25) is 0 Å². The van der Waals surface area contributed by atoms with Crippen molar-refractivity contribution in [2.45, 2.75) is 44.4 Å². The van der Waals surface area contributed by atoms with Crippen LogP contribution in [0.4, 0.5) is 0 Å². The molecule has 0 bridgehead atoms. The second-order valence-electron chi connectivity index (χ2n) is 7.04. The van der Waals surface area contributed by atoms with E-state index >= 15 is 0 Å². The Morgan fingerprint density at radius 2 is 2.19 bits per heavy atom. The minimum absolute atomic E-state index is 0.0445. The summed E-state index contributed by atoms with van der Waals surface area (Å²) in [4.78, 5) is 40.1. The van der Waals surface area contributed by atoms with E-state index in [1.807, 2.05) is 37.3 Å². The van der Waals surface area contributed by atoms with Crippen LogP contribution in [0.25, 0.3) is 10.1 Å². The normalized spacial score (nSPS) is 22.9. The molecule has 0 saturated carbocycles. The summed E-state index contributed by atoms with van der Waals surface area (Å²) in [6, 6.07) is 8.55. The zero-order valence-electron chi connectivity index (χ0n) is 15.1. The molecule has 2 amide bonds. The van der Waals surface area contributed by atoms with Gasteiger partial charge in [0, 0.05) is 11.2 Å². The average Bonchev–Trinajstić information content (AvgIpc) is 3.36. The fraction of sp³-hybridized carbons (Fsp3) is 0.450. The van der Waals surface area contributed by atoms with Crippen molar-refractivity contribution in [3.63, 3.8) is 0 Å². The SMILES string of the molecule is CCCC(NC(=O)c1cc2ccccc2s1)C(=O)N1CCC2OCC(=O)C21. The van der Waals surface area contributed by atoms with E-state index in [9.17, 15) is 14.4 Å². The summed E-state index contributed by atoms with van der Waals surface area (Å²) in [5.41, 5.74) is 0. The quantitative estimate of drug-likeness (QED) is 0.856. The molecule has 0 aliphatic carbocycles. The van der Waals surface area contributed by atoms with Crippen LogP contribution < -0.4 is 5.32 Å². The van der Waals surface area contributed by atoms with Gasteiger partial charge in [-0.1, -0.05) is 31.5 Å². The van der Waals surface area contributed by atoms with E-state index in [1.165, 1.54) is 11.3 Å². The third-order valence-electron chi connectivity index (χ3n) is 5.23. The van der Waals surface area contributed by atoms with Crippen LogP contribution in [0, 0.1) is 0 Å². The fourth-order valence-electron chi connectivity index (χ4n) is 3.91. The summed E-state index contributed by atoms with van der Waals surface area (Å²) in [6.45, 7) is 2.55. The van der Waals surface area contributed by atoms with Crippen LogP contribution in [-0.4, -0.2) is 53.8 Å². The van der Waals surface area contributed by atoms with Gasteiger partial charge < -0.3 is 15.0 Å². The molecule has 27 heavy (non-hydrogen) atoms. The van der Waals surface area contributed by atoms with Gasteiger partial charge in [-0.2, -0.15) is 0 Å². The maximum absolute atomic E-state index is 13.1. The number of amides is 2. The molecule has 1 aromatic heterocycles. The molecule has 3 atom stereocenters. The van der Waals surface area contributed by atoms with Crippen LogP contribution in [0.5, 0.6) is 0 Å². The highest BCUT2D eigenvalue weighted by Gasteiger charge is 2.47. The number of hydrogen-bond donors (Lipinski definition) is 1. The van der Waals surface area contributed by atoms with Crippen molar-refractivity contribution in [2.75, 3.05) is 13.2 Å². The minimum Gasteiger partial charge on any atom is -0.368 e. The Bertz CT molecular complexity index is 860. The number of Topliss-reactive ketones (excluding diaryl/α,β-unsaturated/α-hetero) is 1. The Hall–Kier alpha value is -2.25. The van der Waals surface area contributed by atoms with Crippen molar-refractivity contribution in [3.05, 3.63) is 35.2 Å². The van der Waals surface area contributed by atoms with Gasteiger partial charge in [0.2, 0.25) is 5.91 Å². The van der Waals surface area contributed by atoms with Crippen LogP contribution in [0.3, 0.4) is 0 Å². The van der Waals surface area contributed by atoms with Crippen molar-refractivity contribution in [1.82, 2.24) is 10.2 Å². The Morgan fingerprint density at radius 3 is 2.96 bits per heavy atom. The smallest absolute Gasteiger partial charge is 0.262 e. The lowest BCUT2D eigenvalue weighted by atomic mass is 10.1. The van der Waals surface area contributed by atoms with E-state index in [0.717, 1.165) is 16.5 Å². The third kappa shape index (κ3) is 3.37. The number of ketones is 1. The second kappa shape index (κ2) is 7.40. The molecule has 3 heterocycles. The molecule has 4 rings (SSSR count). The number of hydrogen-bond acceptors (Lipinski definition) is 5. The predicted molar refractivity (Wildman–Crippen MR) is 103 cm³/mol. The lowest BCUT2D eigenvalue weighted by Gasteiger charge is -2.27. The summed E-state index contributed by atoms with van der Waals surface area (Å²) in [5, 5.41) is 3.91. The maximum atomic E-state index is 13.1. The highest BCUT2D eigenvalue weighted by Crippen LogP contribution is 2.28. The Morgan fingerprint density at radius 1 is 1.37 bits per heavy atom. The monoisotopic (exact) mass is 386 g/mol. The molecular weight excluding hydrogens is 364 g/mol. The first-order valence-corrected chi connectivity index (χ1v) is 10.1. The van der Waals surface area contributed by atoms with Gasteiger partial charge in [0.1, 0.15) is 18.7 Å². The second-order valence-corrected chi connectivity index (χ2v) is 8.13. The Kier molecular flexibility index (Phi) is 4.97. The number of fused-ring (bicyclic) bond motifs is 2. The van der Waals surface area contributed by atoms with Crippen molar-refractivity contribution in [3.8, 4) is 0 Å². The van der Waals surface area contributed by atoms with Gasteiger partial charge >= 0.3 is 0 Å². The molecule has 2 aliphatic heterocycles. The molecule has 1 aromatic carbocycles. The Balaban J connectivity index is 1.51. The van der Waals surface area contributed by atoms with Crippen LogP contribution >= 0.6 is 11.3 Å². The number of thiophene rings is 1. The van der Waals surface area contributed by atoms with E-state index in [-0.39, 0.29) is 30.3 Å². The van der Waals surface area contributed by atoms with Crippen molar-refractivity contribution in [2.24, 2.45) is 0 Å². The van der Waals surface area contributed by atoms with Crippen molar-refractivity contribution >= 4 is 39.0 Å². The minimum atomic E-state index is -0.625. The highest BCUT2D eigenvalue weighted by molar-refractivity contribution is 7.20. The summed E-state index contributed by atoms with van der Waals surface area (Å²) in [7, 11) is 0. The molecule has 0 spiro atoms. The van der Waals surface area contributed by atoms with E-state index in [4.69, 9.17) is 4.74 Å². The lowest BCUT2D eigenvalue weighted by Crippen LogP contribution is -2.52. The average molecular weight is 386 g/mol. The number of carbonyl (C=O) groups excluding carboxylic acids is 3. The first-order valence-electron chi connectivity index (χ1n) is 9.32. The lowest BCUT2D eigenvalue weighted by molar-refractivity contribution is -0.138. The van der Waals surface area contributed by atoms with Gasteiger partial charge in [0.15, 0.2) is 5.78 Å². The molecule has 2 aliphatic rings. The summed E-state index contributed by atoms with van der Waals surface area (Å²) < 4.78 is 6.50. The van der Waals surface area contributed by atoms with E-state index in [1.54, 1.807) is 4.90 Å². The predicted octanol–water partition coefficient (Wildman–Crippen LogP) is 2.37. The number of nitrogens with one attached hydrogen (secondary N) is 1. The molecule has 142 valence electrons. The highest BCUT2D eigenvalue weighted by atomic mass is 32.1. The number of ether oxygens (including phenoxy) is 1. The van der Waals surface area contributed by atoms with Gasteiger partial charge in [-0.25, -0.2) is 0 Å². The van der Waals surface area contributed by atoms with E-state index in [0.29, 0.717) is 24.3 Å². The fourth-order valence-corrected chi connectivity index (χ4v) is 4.88. The van der Waals surface area contributed by atoms with Crippen LogP contribution in [0.1, 0.15) is 35.9 Å². The van der Waals surface area contributed by atoms with Crippen molar-refractivity contribution < 1.29 is 19.1 Å². The molecule has 2 fully saturated rings. The molecule has 2 saturated heterocycles. The van der Waals surface area contributed by atoms with Gasteiger partial charge in [-0.15, -0.1) is 11.3 Å². The molecule has 6 nitrogen and oxygen atoms in total. The first kappa shape index (κ1) is 18.1. The topological polar surface area (TPSA) is 75.7 Å². The molecule has 7 heteroatoms. The standard InChI is InChI=1S/C20H22N2O4S/c1-2-5-13(20(25)22-9-8-15-18(22)14(23)11-26-15)21-19(24)17-10-12-6-3-4-7-16(12)27-17/h3-4,6-7,10,13,15,18H,2,5,8-9,11H2,1H3,(H,21,24). The molecule has 1 N–H and O–H groups in total. The van der Waals surface area contributed by atoms with Gasteiger partial charge in [0.25, 0.3) is 5.91 Å². The van der Waals surface area contributed by atoms with Gasteiger partial charge in [0.05, 0.1) is 11.0 Å². The van der Waals surface area contributed by atoms with Crippen LogP contribution in [-0.2, 0) is 14.3 Å². The number of benzene rings is 1. The zero-order chi connectivity index (χ0) is 19.0. The first-order chi connectivity index (χ1) is 13.1. The molecular formula is C20H22N2O4S. The van der Waals surface area contributed by atoms with Gasteiger partial charge in [-0.3, -0.25) is 14.4 Å². The summed E-state index contributed by atoms with van der Waals surface area (Å²) >= 11 is 1.41. The van der Waals surface area contributed by atoms with E-state index in [2.05, 4.69) is 5.32 Å². The summed E-state index contributed by atoms with van der Waals surface area (Å²) in [5.74, 6) is -0.470. The Labute approximate surface area is 161 Å². The molecule has 3 unspecified atom stereocenters. The number of nitrogens with zero attached hydrogens (tertiary/aromatic N) is 1. The molecule has 2 aromatic rings. The maximum Gasteiger partial charge on any atom is 0.262 e. The van der Waals surface area contributed by atoms with Gasteiger partial charge in [-0.05, 0) is 30.4 Å². The number of rotatable bonds is 5. The zero-order valence-corrected chi connectivity index (χ0v) is 16.0. The van der Waals surface area contributed by atoms with Crippen molar-refractivity contribution in [1.29, 1.82) is 0 Å².